The Morgan fingerprint density at radius 2 is 2.00 bits per heavy atom. The van der Waals surface area contributed by atoms with E-state index in [-0.39, 0.29) is 5.91 Å². The Morgan fingerprint density at radius 1 is 1.25 bits per heavy atom. The molecule has 0 bridgehead atoms. The first-order chi connectivity index (χ1) is 9.74. The van der Waals surface area contributed by atoms with Gasteiger partial charge in [-0.3, -0.25) is 4.79 Å². The van der Waals surface area contributed by atoms with Crippen molar-refractivity contribution >= 4 is 28.5 Å². The van der Waals surface area contributed by atoms with Crippen molar-refractivity contribution in [3.05, 3.63) is 24.3 Å². The second-order valence-electron chi connectivity index (χ2n) is 5.00. The maximum atomic E-state index is 12.3. The van der Waals surface area contributed by atoms with Gasteiger partial charge in [-0.1, -0.05) is 56.4 Å². The van der Waals surface area contributed by atoms with Crippen LogP contribution < -0.4 is 0 Å². The minimum absolute atomic E-state index is 0.184. The summed E-state index contributed by atoms with van der Waals surface area (Å²) in [6.45, 7) is 2.18. The van der Waals surface area contributed by atoms with Gasteiger partial charge in [-0.15, -0.1) is 16.7 Å². The maximum absolute atomic E-state index is 12.3. The first kappa shape index (κ1) is 15.0. The monoisotopic (exact) mass is 293 g/mol. The average Bonchev–Trinajstić information content (AvgIpc) is 2.90. The molecule has 0 fully saturated rings. The highest BCUT2D eigenvalue weighted by atomic mass is 35.5. The molecule has 5 heteroatoms. The molecule has 2 aromatic rings. The summed E-state index contributed by atoms with van der Waals surface area (Å²) in [5, 5.41) is 7.36. The first-order valence-electron chi connectivity index (χ1n) is 7.22. The number of aromatic nitrogens is 3. The minimum Gasteiger partial charge on any atom is -0.271 e. The fraction of sp³-hybridized carbons (Fsp3) is 0.533. The van der Waals surface area contributed by atoms with Crippen LogP contribution in [-0.4, -0.2) is 26.3 Å². The number of hydrogen-bond acceptors (Lipinski definition) is 3. The van der Waals surface area contributed by atoms with Crippen molar-refractivity contribution < 1.29 is 4.79 Å². The molecule has 0 amide bonds. The number of hydrogen-bond donors (Lipinski definition) is 0. The Kier molecular flexibility index (Phi) is 5.53. The number of carbonyl (C=O) groups excluding carboxylic acids is 1. The van der Waals surface area contributed by atoms with Crippen molar-refractivity contribution in [2.75, 3.05) is 0 Å². The van der Waals surface area contributed by atoms with Crippen molar-refractivity contribution in [2.45, 2.75) is 50.8 Å². The van der Waals surface area contributed by atoms with E-state index < -0.39 is 5.38 Å². The van der Waals surface area contributed by atoms with Gasteiger partial charge in [0.2, 0.25) is 0 Å². The SMILES string of the molecule is CCCCCCCC(Cl)C(=O)n1nnc2ccccc21. The number of alkyl halides is 1. The summed E-state index contributed by atoms with van der Waals surface area (Å²) in [6, 6.07) is 7.40. The Labute approximate surface area is 124 Å². The van der Waals surface area contributed by atoms with Crippen molar-refractivity contribution in [1.29, 1.82) is 0 Å². The average molecular weight is 294 g/mol. The van der Waals surface area contributed by atoms with Crippen LogP contribution in [0.15, 0.2) is 24.3 Å². The molecule has 0 saturated carbocycles. The van der Waals surface area contributed by atoms with Crippen LogP contribution in [0.2, 0.25) is 0 Å². The molecule has 1 aromatic carbocycles. The molecule has 0 radical (unpaired) electrons. The molecule has 1 heterocycles. The van der Waals surface area contributed by atoms with Gasteiger partial charge in [0.15, 0.2) is 0 Å². The number of unbranched alkanes of at least 4 members (excludes halogenated alkanes) is 4. The lowest BCUT2D eigenvalue weighted by molar-refractivity contribution is 0.0891. The van der Waals surface area contributed by atoms with Crippen LogP contribution in [0.5, 0.6) is 0 Å². The summed E-state index contributed by atoms with van der Waals surface area (Å²) < 4.78 is 1.32. The van der Waals surface area contributed by atoms with Crippen molar-refractivity contribution in [2.24, 2.45) is 0 Å². The molecule has 0 aliphatic carbocycles. The summed E-state index contributed by atoms with van der Waals surface area (Å²) in [7, 11) is 0. The van der Waals surface area contributed by atoms with Crippen LogP contribution >= 0.6 is 11.6 Å². The zero-order valence-corrected chi connectivity index (χ0v) is 12.5. The van der Waals surface area contributed by atoms with E-state index in [0.29, 0.717) is 17.5 Å². The van der Waals surface area contributed by atoms with Crippen LogP contribution in [0, 0.1) is 0 Å². The Morgan fingerprint density at radius 3 is 2.80 bits per heavy atom. The molecule has 1 aromatic heterocycles. The molecule has 108 valence electrons. The first-order valence-corrected chi connectivity index (χ1v) is 7.66. The van der Waals surface area contributed by atoms with E-state index in [1.165, 1.54) is 23.9 Å². The van der Waals surface area contributed by atoms with E-state index in [1.807, 2.05) is 24.3 Å². The van der Waals surface area contributed by atoms with E-state index in [4.69, 9.17) is 11.6 Å². The van der Waals surface area contributed by atoms with E-state index >= 15 is 0 Å². The highest BCUT2D eigenvalue weighted by Crippen LogP contribution is 2.16. The van der Waals surface area contributed by atoms with E-state index in [2.05, 4.69) is 17.2 Å². The van der Waals surface area contributed by atoms with Gasteiger partial charge in [-0.25, -0.2) is 0 Å². The Bertz CT molecular complexity index is 567. The summed E-state index contributed by atoms with van der Waals surface area (Å²) in [6.07, 6.45) is 6.47. The molecule has 1 unspecified atom stereocenters. The number of para-hydroxylation sites is 1. The molecule has 0 N–H and O–H groups in total. The second-order valence-corrected chi connectivity index (χ2v) is 5.53. The Hall–Kier alpha value is -1.42. The standard InChI is InChI=1S/C15H20ClN3O/c1-2-3-4-5-6-9-12(16)15(20)19-14-11-8-7-10-13(14)17-18-19/h7-8,10-12H,2-6,9H2,1H3. The molecule has 0 spiro atoms. The molecule has 0 aliphatic rings. The quantitative estimate of drug-likeness (QED) is 0.572. The Balaban J connectivity index is 1.93. The van der Waals surface area contributed by atoms with Crippen molar-refractivity contribution in [3.8, 4) is 0 Å². The summed E-state index contributed by atoms with van der Waals surface area (Å²) in [5.41, 5.74) is 1.43. The van der Waals surface area contributed by atoms with Gasteiger partial charge >= 0.3 is 0 Å². The number of fused-ring (bicyclic) bond motifs is 1. The summed E-state index contributed by atoms with van der Waals surface area (Å²) in [5.74, 6) is -0.184. The third-order valence-electron chi connectivity index (χ3n) is 3.39. The van der Waals surface area contributed by atoms with Crippen LogP contribution in [-0.2, 0) is 0 Å². The summed E-state index contributed by atoms with van der Waals surface area (Å²) >= 11 is 6.20. The van der Waals surface area contributed by atoms with Crippen LogP contribution in [0.3, 0.4) is 0 Å². The molecule has 20 heavy (non-hydrogen) atoms. The van der Waals surface area contributed by atoms with Crippen LogP contribution in [0.25, 0.3) is 11.0 Å². The lowest BCUT2D eigenvalue weighted by Gasteiger charge is -2.08. The summed E-state index contributed by atoms with van der Waals surface area (Å²) in [4.78, 5) is 12.3. The molecule has 0 saturated heterocycles. The van der Waals surface area contributed by atoms with Gasteiger partial charge < -0.3 is 0 Å². The van der Waals surface area contributed by atoms with E-state index in [0.717, 1.165) is 12.8 Å². The predicted octanol–water partition coefficient (Wildman–Crippen LogP) is 4.04. The van der Waals surface area contributed by atoms with Crippen LogP contribution in [0.1, 0.15) is 50.2 Å². The van der Waals surface area contributed by atoms with Gasteiger partial charge in [0.05, 0.1) is 5.52 Å². The lowest BCUT2D eigenvalue weighted by Crippen LogP contribution is -2.23. The maximum Gasteiger partial charge on any atom is 0.266 e. The van der Waals surface area contributed by atoms with Crippen LogP contribution in [0.4, 0.5) is 0 Å². The third-order valence-corrected chi connectivity index (χ3v) is 3.79. The van der Waals surface area contributed by atoms with Gasteiger partial charge in [0.1, 0.15) is 10.9 Å². The zero-order chi connectivity index (χ0) is 14.4. The molecule has 2 rings (SSSR count). The number of carbonyl (C=O) groups is 1. The van der Waals surface area contributed by atoms with Gasteiger partial charge in [-0.2, -0.15) is 4.68 Å². The van der Waals surface area contributed by atoms with Crippen molar-refractivity contribution in [1.82, 2.24) is 15.0 Å². The zero-order valence-electron chi connectivity index (χ0n) is 11.8. The van der Waals surface area contributed by atoms with Gasteiger partial charge in [-0.05, 0) is 18.6 Å². The van der Waals surface area contributed by atoms with Gasteiger partial charge in [0.25, 0.3) is 5.91 Å². The lowest BCUT2D eigenvalue weighted by atomic mass is 10.1. The fourth-order valence-corrected chi connectivity index (χ4v) is 2.46. The number of nitrogens with zero attached hydrogens (tertiary/aromatic N) is 3. The fourth-order valence-electron chi connectivity index (χ4n) is 2.21. The normalized spacial score (nSPS) is 12.7. The minimum atomic E-state index is -0.526. The highest BCUT2D eigenvalue weighted by molar-refractivity contribution is 6.31. The number of rotatable bonds is 7. The smallest absolute Gasteiger partial charge is 0.266 e. The predicted molar refractivity (Wildman–Crippen MR) is 81.2 cm³/mol. The van der Waals surface area contributed by atoms with E-state index in [1.54, 1.807) is 0 Å². The van der Waals surface area contributed by atoms with Gasteiger partial charge in [0, 0.05) is 0 Å². The second kappa shape index (κ2) is 7.39. The largest absolute Gasteiger partial charge is 0.271 e. The molecule has 1 atom stereocenters. The number of halogens is 1. The molecular formula is C15H20ClN3O. The topological polar surface area (TPSA) is 47.8 Å². The third kappa shape index (κ3) is 3.57. The highest BCUT2D eigenvalue weighted by Gasteiger charge is 2.20. The molecular weight excluding hydrogens is 274 g/mol. The molecule has 4 nitrogen and oxygen atoms in total. The van der Waals surface area contributed by atoms with E-state index in [9.17, 15) is 4.79 Å². The number of benzene rings is 1. The van der Waals surface area contributed by atoms with Crippen molar-refractivity contribution in [3.63, 3.8) is 0 Å². The molecule has 0 aliphatic heterocycles.